The Kier molecular flexibility index (Phi) is 6.78. The molecule has 0 aliphatic rings. The highest BCUT2D eigenvalue weighted by atomic mass is 35.5. The van der Waals surface area contributed by atoms with Crippen molar-refractivity contribution in [2.45, 2.75) is 6.54 Å². The average Bonchev–Trinajstić information content (AvgIpc) is 2.55. The summed E-state index contributed by atoms with van der Waals surface area (Å²) in [6, 6.07) is 16.5. The Morgan fingerprint density at radius 1 is 1.08 bits per heavy atom. The van der Waals surface area contributed by atoms with Crippen molar-refractivity contribution in [2.75, 3.05) is 25.5 Å². The van der Waals surface area contributed by atoms with Gasteiger partial charge in [-0.1, -0.05) is 48.0 Å². The topological polar surface area (TPSA) is 58.6 Å². The SMILES string of the molecule is COC(=O)CN(CC(=O)Nc1cccc(Cl)c1)Cc1ccccc1. The zero-order chi connectivity index (χ0) is 17.4. The molecule has 0 unspecified atom stereocenters. The molecule has 1 N–H and O–H groups in total. The molecule has 0 saturated heterocycles. The predicted molar refractivity (Wildman–Crippen MR) is 93.8 cm³/mol. The fraction of sp³-hybridized carbons (Fsp3) is 0.222. The summed E-state index contributed by atoms with van der Waals surface area (Å²) in [6.07, 6.45) is 0. The molecule has 6 heteroatoms. The summed E-state index contributed by atoms with van der Waals surface area (Å²) in [4.78, 5) is 25.6. The van der Waals surface area contributed by atoms with Gasteiger partial charge >= 0.3 is 5.97 Å². The van der Waals surface area contributed by atoms with Crippen LogP contribution in [0.5, 0.6) is 0 Å². The van der Waals surface area contributed by atoms with Crippen LogP contribution in [0.3, 0.4) is 0 Å². The molecule has 0 saturated carbocycles. The minimum absolute atomic E-state index is 0.0361. The second-order valence-electron chi connectivity index (χ2n) is 5.27. The Bertz CT molecular complexity index is 692. The van der Waals surface area contributed by atoms with Crippen LogP contribution in [0.25, 0.3) is 0 Å². The summed E-state index contributed by atoms with van der Waals surface area (Å²) in [6.45, 7) is 0.573. The second-order valence-corrected chi connectivity index (χ2v) is 5.70. The van der Waals surface area contributed by atoms with Crippen LogP contribution in [0.4, 0.5) is 5.69 Å². The van der Waals surface area contributed by atoms with E-state index in [1.54, 1.807) is 29.2 Å². The van der Waals surface area contributed by atoms with E-state index in [0.717, 1.165) is 5.56 Å². The third kappa shape index (κ3) is 6.02. The van der Waals surface area contributed by atoms with Crippen LogP contribution >= 0.6 is 11.6 Å². The van der Waals surface area contributed by atoms with E-state index in [1.165, 1.54) is 7.11 Å². The van der Waals surface area contributed by atoms with Gasteiger partial charge in [-0.2, -0.15) is 0 Å². The van der Waals surface area contributed by atoms with E-state index in [0.29, 0.717) is 17.3 Å². The molecule has 0 bridgehead atoms. The predicted octanol–water partition coefficient (Wildman–Crippen LogP) is 2.95. The molecule has 24 heavy (non-hydrogen) atoms. The summed E-state index contributed by atoms with van der Waals surface area (Å²) >= 11 is 5.91. The van der Waals surface area contributed by atoms with Crippen molar-refractivity contribution >= 4 is 29.2 Å². The summed E-state index contributed by atoms with van der Waals surface area (Å²) in [5, 5.41) is 3.32. The summed E-state index contributed by atoms with van der Waals surface area (Å²) in [7, 11) is 1.33. The highest BCUT2D eigenvalue weighted by Gasteiger charge is 2.15. The monoisotopic (exact) mass is 346 g/mol. The number of carbonyl (C=O) groups excluding carboxylic acids is 2. The van der Waals surface area contributed by atoms with Gasteiger partial charge in [-0.3, -0.25) is 14.5 Å². The van der Waals surface area contributed by atoms with Crippen LogP contribution in [-0.2, 0) is 20.9 Å². The third-order valence-corrected chi connectivity index (χ3v) is 3.54. The summed E-state index contributed by atoms with van der Waals surface area (Å²) < 4.78 is 4.70. The molecule has 0 aromatic heterocycles. The van der Waals surface area contributed by atoms with Crippen LogP contribution in [0.1, 0.15) is 5.56 Å². The molecule has 2 aromatic rings. The molecule has 0 fully saturated rings. The molecule has 1 amide bonds. The normalized spacial score (nSPS) is 10.5. The fourth-order valence-corrected chi connectivity index (χ4v) is 2.42. The number of esters is 1. The number of ether oxygens (including phenoxy) is 1. The number of nitrogens with one attached hydrogen (secondary N) is 1. The van der Waals surface area contributed by atoms with Crippen molar-refractivity contribution in [3.8, 4) is 0 Å². The Balaban J connectivity index is 2.00. The lowest BCUT2D eigenvalue weighted by atomic mass is 10.2. The number of nitrogens with zero attached hydrogens (tertiary/aromatic N) is 1. The van der Waals surface area contributed by atoms with Crippen molar-refractivity contribution in [2.24, 2.45) is 0 Å². The number of carbonyl (C=O) groups is 2. The lowest BCUT2D eigenvalue weighted by Crippen LogP contribution is -2.36. The fourth-order valence-electron chi connectivity index (χ4n) is 2.23. The number of hydrogen-bond acceptors (Lipinski definition) is 4. The van der Waals surface area contributed by atoms with Crippen molar-refractivity contribution in [3.63, 3.8) is 0 Å². The van der Waals surface area contributed by atoms with E-state index in [9.17, 15) is 9.59 Å². The zero-order valence-corrected chi connectivity index (χ0v) is 14.1. The molecular formula is C18H19ClN2O3. The van der Waals surface area contributed by atoms with Gasteiger partial charge in [0.15, 0.2) is 0 Å². The number of amides is 1. The van der Waals surface area contributed by atoms with E-state index in [1.807, 2.05) is 30.3 Å². The molecule has 0 radical (unpaired) electrons. The molecule has 2 rings (SSSR count). The quantitative estimate of drug-likeness (QED) is 0.783. The Labute approximate surface area is 146 Å². The number of hydrogen-bond donors (Lipinski definition) is 1. The molecular weight excluding hydrogens is 328 g/mol. The third-order valence-electron chi connectivity index (χ3n) is 3.30. The molecule has 2 aromatic carbocycles. The van der Waals surface area contributed by atoms with Gasteiger partial charge in [0.25, 0.3) is 0 Å². The Hall–Kier alpha value is -2.37. The van der Waals surface area contributed by atoms with Crippen LogP contribution in [0, 0.1) is 0 Å². The Morgan fingerprint density at radius 2 is 1.83 bits per heavy atom. The first-order valence-electron chi connectivity index (χ1n) is 7.45. The van der Waals surface area contributed by atoms with Gasteiger partial charge in [-0.05, 0) is 23.8 Å². The largest absolute Gasteiger partial charge is 0.468 e. The summed E-state index contributed by atoms with van der Waals surface area (Å²) in [5.74, 6) is -0.612. The van der Waals surface area contributed by atoms with E-state index >= 15 is 0 Å². The highest BCUT2D eigenvalue weighted by molar-refractivity contribution is 6.30. The van der Waals surface area contributed by atoms with E-state index in [2.05, 4.69) is 5.32 Å². The maximum Gasteiger partial charge on any atom is 0.319 e. The highest BCUT2D eigenvalue weighted by Crippen LogP contribution is 2.15. The van der Waals surface area contributed by atoms with Crippen LogP contribution in [-0.4, -0.2) is 37.0 Å². The lowest BCUT2D eigenvalue weighted by Gasteiger charge is -2.20. The van der Waals surface area contributed by atoms with Crippen LogP contribution in [0.2, 0.25) is 5.02 Å². The molecule has 126 valence electrons. The van der Waals surface area contributed by atoms with Crippen molar-refractivity contribution in [1.29, 1.82) is 0 Å². The molecule has 0 aliphatic carbocycles. The number of rotatable bonds is 7. The lowest BCUT2D eigenvalue weighted by molar-refractivity contribution is -0.142. The van der Waals surface area contributed by atoms with Gasteiger partial charge in [0, 0.05) is 17.3 Å². The standard InChI is InChI=1S/C18H19ClN2O3/c1-24-18(23)13-21(11-14-6-3-2-4-7-14)12-17(22)20-16-9-5-8-15(19)10-16/h2-10H,11-13H2,1H3,(H,20,22). The maximum absolute atomic E-state index is 12.2. The van der Waals surface area contributed by atoms with E-state index < -0.39 is 0 Å². The second kappa shape index (κ2) is 9.05. The smallest absolute Gasteiger partial charge is 0.319 e. The van der Waals surface area contributed by atoms with E-state index in [4.69, 9.17) is 16.3 Å². The zero-order valence-electron chi connectivity index (χ0n) is 13.4. The van der Waals surface area contributed by atoms with Crippen LogP contribution in [0.15, 0.2) is 54.6 Å². The molecule has 0 heterocycles. The molecule has 5 nitrogen and oxygen atoms in total. The van der Waals surface area contributed by atoms with Gasteiger partial charge < -0.3 is 10.1 Å². The van der Waals surface area contributed by atoms with Gasteiger partial charge in [0.1, 0.15) is 0 Å². The number of methoxy groups -OCH3 is 1. The average molecular weight is 347 g/mol. The molecule has 0 spiro atoms. The Morgan fingerprint density at radius 3 is 2.50 bits per heavy atom. The van der Waals surface area contributed by atoms with Crippen LogP contribution < -0.4 is 5.32 Å². The first-order valence-corrected chi connectivity index (χ1v) is 7.83. The van der Waals surface area contributed by atoms with Gasteiger partial charge in [0.05, 0.1) is 20.2 Å². The van der Waals surface area contributed by atoms with Gasteiger partial charge in [-0.15, -0.1) is 0 Å². The maximum atomic E-state index is 12.2. The first-order chi connectivity index (χ1) is 11.6. The number of anilines is 1. The minimum atomic E-state index is -0.388. The van der Waals surface area contributed by atoms with Gasteiger partial charge in [0.2, 0.25) is 5.91 Å². The summed E-state index contributed by atoms with van der Waals surface area (Å²) in [5.41, 5.74) is 1.63. The number of benzene rings is 2. The van der Waals surface area contributed by atoms with E-state index in [-0.39, 0.29) is 25.0 Å². The molecule has 0 atom stereocenters. The van der Waals surface area contributed by atoms with Crippen molar-refractivity contribution < 1.29 is 14.3 Å². The van der Waals surface area contributed by atoms with Crippen molar-refractivity contribution in [1.82, 2.24) is 4.90 Å². The minimum Gasteiger partial charge on any atom is -0.468 e. The van der Waals surface area contributed by atoms with Gasteiger partial charge in [-0.25, -0.2) is 0 Å². The first kappa shape index (κ1) is 18.0. The molecule has 0 aliphatic heterocycles. The number of halogens is 1. The van der Waals surface area contributed by atoms with Crippen molar-refractivity contribution in [3.05, 3.63) is 65.2 Å².